The third kappa shape index (κ3) is 9.81. The lowest BCUT2D eigenvalue weighted by Crippen LogP contribution is -2.75. The van der Waals surface area contributed by atoms with E-state index in [1.807, 2.05) is 0 Å². The first-order chi connectivity index (χ1) is 55.4. The minimum atomic E-state index is -3.18. The summed E-state index contributed by atoms with van der Waals surface area (Å²) in [7, 11) is -6.36. The minimum Gasteiger partial charge on any atom is -0.311 e. The lowest BCUT2D eigenvalue weighted by atomic mass is 9.33. The van der Waals surface area contributed by atoms with E-state index < -0.39 is 16.1 Å². The third-order valence-corrected chi connectivity index (χ3v) is 33.9. The van der Waals surface area contributed by atoms with Crippen molar-refractivity contribution in [2.75, 3.05) is 9.80 Å². The van der Waals surface area contributed by atoms with Gasteiger partial charge in [-0.25, -0.2) is 0 Å². The minimum absolute atomic E-state index is 0.251. The van der Waals surface area contributed by atoms with Crippen LogP contribution in [0.15, 0.2) is 413 Å². The summed E-state index contributed by atoms with van der Waals surface area (Å²) in [6.07, 6.45) is 0. The van der Waals surface area contributed by atoms with Crippen LogP contribution in [0.5, 0.6) is 0 Å². The highest BCUT2D eigenvalue weighted by Gasteiger charge is 2.49. The Morgan fingerprint density at radius 3 is 0.777 bits per heavy atom. The standard InChI is InChI=1S/C104H74BN5Si2/c1-71-49-63-98-90(65-71)91-66-72(2)50-64-99(91)110(98)77-67-102-104-103(68-77)109(76-57-53-74(54-58-76)107-96-47-27-23-43-88(96)89-44-24-28-48-97(89)107)101-70-85(112(81-35-15-6-16-36-81,82-37-17-7-18-38-82)83-39-19-8-20-40-83)60-62-93(101)105(104)92-61-59-84(111(78-29-9-3-10-30-78,79-31-11-4-12-32-79)80-33-13-5-14-34-80)69-100(92)108(102)75-55-51-73(52-56-75)106-94-45-25-21-41-86(94)87-42-22-26-46-95(87)106/h3-70H,1-2H3. The van der Waals surface area contributed by atoms with Gasteiger partial charge in [0.05, 0.1) is 38.8 Å². The molecule has 0 saturated heterocycles. The van der Waals surface area contributed by atoms with Crippen LogP contribution < -0.4 is 67.7 Å². The second-order valence-electron chi connectivity index (χ2n) is 30.4. The van der Waals surface area contributed by atoms with Crippen molar-refractivity contribution in [3.05, 3.63) is 424 Å². The van der Waals surface area contributed by atoms with Gasteiger partial charge in [0.25, 0.3) is 6.71 Å². The van der Waals surface area contributed by atoms with Crippen molar-refractivity contribution < 1.29 is 0 Å². The van der Waals surface area contributed by atoms with Gasteiger partial charge in [-0.2, -0.15) is 0 Å². The molecule has 0 radical (unpaired) electrons. The van der Waals surface area contributed by atoms with E-state index in [9.17, 15) is 0 Å². The fourth-order valence-electron chi connectivity index (χ4n) is 19.7. The summed E-state index contributed by atoms with van der Waals surface area (Å²) in [5.74, 6) is 0. The van der Waals surface area contributed by atoms with Crippen molar-refractivity contribution in [3.8, 4) is 17.1 Å². The fraction of sp³-hybridized carbons (Fsp3) is 0.0192. The Kier molecular flexibility index (Phi) is 15.1. The molecule has 0 N–H and O–H groups in total. The molecule has 5 heterocycles. The van der Waals surface area contributed by atoms with E-state index in [0.717, 1.165) is 62.2 Å². The fourth-order valence-corrected chi connectivity index (χ4v) is 29.2. The van der Waals surface area contributed by atoms with Crippen LogP contribution in [0.2, 0.25) is 0 Å². The molecular weight excluding hydrogens is 1390 g/mol. The summed E-state index contributed by atoms with van der Waals surface area (Å²) in [6.45, 7) is 4.20. The van der Waals surface area contributed by atoms with Gasteiger partial charge in [0, 0.05) is 77.8 Å². The zero-order chi connectivity index (χ0) is 74.2. The molecular formula is C104H74BN5Si2. The summed E-state index contributed by atoms with van der Waals surface area (Å²) in [6, 6.07) is 158. The van der Waals surface area contributed by atoms with Gasteiger partial charge in [-0.3, -0.25) is 0 Å². The zero-order valence-corrected chi connectivity index (χ0v) is 64.1. The Hall–Kier alpha value is -13.8. The van der Waals surface area contributed by atoms with Crippen LogP contribution in [-0.4, -0.2) is 36.6 Å². The lowest BCUT2D eigenvalue weighted by Gasteiger charge is -2.46. The van der Waals surface area contributed by atoms with Gasteiger partial charge >= 0.3 is 0 Å². The van der Waals surface area contributed by atoms with Crippen molar-refractivity contribution in [1.82, 2.24) is 13.7 Å². The van der Waals surface area contributed by atoms with Crippen molar-refractivity contribution in [2.45, 2.75) is 13.8 Å². The average molecular weight is 1460 g/mol. The number of rotatable bonds is 13. The number of hydrogen-bond donors (Lipinski definition) is 0. The quantitative estimate of drug-likeness (QED) is 0.0847. The SMILES string of the molecule is Cc1ccc2c(c1)c1cc(C)ccc1n2-c1cc2c3c(c1)N(c1ccc(-n4c5ccccc5c5ccccc54)cc1)c1cc([Si](c4ccccc4)(c4ccccc4)c4ccccc4)ccc1B3c1ccc([Si](c3ccccc3)(c3ccccc3)c3ccccc3)cc1N2c1ccc(-n2c3ccccc3c3ccccc32)cc1. The van der Waals surface area contributed by atoms with E-state index in [1.165, 1.54) is 123 Å². The van der Waals surface area contributed by atoms with Gasteiger partial charge in [0.15, 0.2) is 16.1 Å². The molecule has 0 unspecified atom stereocenters. The molecule has 0 atom stereocenters. The molecule has 17 aromatic carbocycles. The Balaban J connectivity index is 0.881. The van der Waals surface area contributed by atoms with Gasteiger partial charge in [-0.1, -0.05) is 302 Å². The molecule has 0 amide bonds. The maximum Gasteiger partial charge on any atom is 0.252 e. The number of hydrogen-bond acceptors (Lipinski definition) is 2. The van der Waals surface area contributed by atoms with Gasteiger partial charge in [-0.05, 0) is 193 Å². The van der Waals surface area contributed by atoms with Crippen LogP contribution in [0.4, 0.5) is 34.1 Å². The van der Waals surface area contributed by atoms with Gasteiger partial charge in [0.2, 0.25) is 0 Å². The van der Waals surface area contributed by atoms with Crippen LogP contribution in [0, 0.1) is 13.8 Å². The number of aryl methyl sites for hydroxylation is 2. The number of para-hydroxylation sites is 4. The molecule has 0 fully saturated rings. The van der Waals surface area contributed by atoms with Crippen molar-refractivity contribution in [3.63, 3.8) is 0 Å². The molecule has 0 bridgehead atoms. The second-order valence-corrected chi connectivity index (χ2v) is 38.0. The number of aromatic nitrogens is 3. The van der Waals surface area contributed by atoms with E-state index in [1.54, 1.807) is 0 Å². The Morgan fingerprint density at radius 1 is 0.196 bits per heavy atom. The predicted molar refractivity (Wildman–Crippen MR) is 480 cm³/mol. The molecule has 0 aliphatic carbocycles. The maximum absolute atomic E-state index is 3.18. The smallest absolute Gasteiger partial charge is 0.252 e. The molecule has 22 rings (SSSR count). The summed E-state index contributed by atoms with van der Waals surface area (Å²) >= 11 is 0. The Bertz CT molecular complexity index is 6360. The van der Waals surface area contributed by atoms with Crippen LogP contribution in [0.25, 0.3) is 82.5 Å². The zero-order valence-electron chi connectivity index (χ0n) is 62.1. The largest absolute Gasteiger partial charge is 0.311 e. The Morgan fingerprint density at radius 2 is 0.464 bits per heavy atom. The highest BCUT2D eigenvalue weighted by molar-refractivity contribution is 7.20. The van der Waals surface area contributed by atoms with E-state index in [4.69, 9.17) is 0 Å². The van der Waals surface area contributed by atoms with Gasteiger partial charge < -0.3 is 23.5 Å². The Labute approximate surface area is 653 Å². The van der Waals surface area contributed by atoms with E-state index in [-0.39, 0.29) is 6.71 Å². The first kappa shape index (κ1) is 65.3. The first-order valence-corrected chi connectivity index (χ1v) is 43.0. The van der Waals surface area contributed by atoms with Crippen molar-refractivity contribution >= 4 is 180 Å². The molecule has 0 saturated carbocycles. The lowest BCUT2D eigenvalue weighted by molar-refractivity contribution is 1.15. The van der Waals surface area contributed by atoms with E-state index >= 15 is 0 Å². The first-order valence-electron chi connectivity index (χ1n) is 39.0. The predicted octanol–water partition coefficient (Wildman–Crippen LogP) is 18.4. The normalized spacial score (nSPS) is 12.7. The topological polar surface area (TPSA) is 21.3 Å². The number of benzene rings is 17. The molecule has 20 aromatic rings. The number of nitrogens with zero attached hydrogens (tertiary/aromatic N) is 5. The van der Waals surface area contributed by atoms with Crippen molar-refractivity contribution in [2.24, 2.45) is 0 Å². The third-order valence-electron chi connectivity index (χ3n) is 24.4. The monoisotopic (exact) mass is 1460 g/mol. The van der Waals surface area contributed by atoms with Gasteiger partial charge in [-0.15, -0.1) is 0 Å². The van der Waals surface area contributed by atoms with Crippen LogP contribution >= 0.6 is 0 Å². The maximum atomic E-state index is 2.66. The van der Waals surface area contributed by atoms with Crippen LogP contribution in [-0.2, 0) is 0 Å². The molecule has 2 aliphatic heterocycles. The molecule has 526 valence electrons. The van der Waals surface area contributed by atoms with E-state index in [0.29, 0.717) is 0 Å². The molecule has 112 heavy (non-hydrogen) atoms. The average Bonchev–Trinajstić information content (AvgIpc) is 0.891. The molecule has 3 aromatic heterocycles. The van der Waals surface area contributed by atoms with Gasteiger partial charge in [0.1, 0.15) is 0 Å². The summed E-state index contributed by atoms with van der Waals surface area (Å²) in [5, 5.41) is 18.0. The molecule has 5 nitrogen and oxygen atoms in total. The molecule has 2 aliphatic rings. The molecule has 0 spiro atoms. The van der Waals surface area contributed by atoms with Crippen molar-refractivity contribution in [1.29, 1.82) is 0 Å². The van der Waals surface area contributed by atoms with Crippen LogP contribution in [0.1, 0.15) is 11.1 Å². The van der Waals surface area contributed by atoms with Crippen LogP contribution in [0.3, 0.4) is 0 Å². The molecule has 8 heteroatoms. The summed E-state index contributed by atoms with van der Waals surface area (Å²) < 4.78 is 7.46. The van der Waals surface area contributed by atoms with E-state index in [2.05, 4.69) is 450 Å². The highest BCUT2D eigenvalue weighted by Crippen LogP contribution is 2.48. The second kappa shape index (κ2) is 26.0. The summed E-state index contributed by atoms with van der Waals surface area (Å²) in [5.41, 5.74) is 23.1. The summed E-state index contributed by atoms with van der Waals surface area (Å²) in [4.78, 5) is 5.33. The number of anilines is 6. The highest BCUT2D eigenvalue weighted by atomic mass is 28.3. The number of fused-ring (bicyclic) bond motifs is 13.